The summed E-state index contributed by atoms with van der Waals surface area (Å²) in [4.78, 5) is 4.18. The third-order valence-corrected chi connectivity index (χ3v) is 3.42. The third kappa shape index (κ3) is 3.22. The van der Waals surface area contributed by atoms with Gasteiger partial charge >= 0.3 is 0 Å². The molecule has 2 aromatic rings. The molecule has 5 heteroatoms. The molecular weight excluding hydrogens is 320 g/mol. The van der Waals surface area contributed by atoms with Gasteiger partial charge < -0.3 is 15.2 Å². The van der Waals surface area contributed by atoms with Crippen LogP contribution in [0.25, 0.3) is 0 Å². The lowest BCUT2D eigenvalue weighted by Crippen LogP contribution is -2.28. The highest BCUT2D eigenvalue weighted by atomic mass is 79.9. The van der Waals surface area contributed by atoms with Gasteiger partial charge in [-0.3, -0.25) is 0 Å². The lowest BCUT2D eigenvalue weighted by molar-refractivity contribution is 0.397. The average molecular weight is 337 g/mol. The molecule has 0 radical (unpaired) electrons. The van der Waals surface area contributed by atoms with Crippen molar-refractivity contribution >= 4 is 21.6 Å². The summed E-state index contributed by atoms with van der Waals surface area (Å²) in [6.07, 6.45) is 0. The number of halogens is 1. The molecule has 20 heavy (non-hydrogen) atoms. The largest absolute Gasteiger partial charge is 0.508 e. The van der Waals surface area contributed by atoms with Crippen LogP contribution >= 0.6 is 15.9 Å². The summed E-state index contributed by atoms with van der Waals surface area (Å²) in [5.74, 6) is 0.792. The van der Waals surface area contributed by atoms with Crippen molar-refractivity contribution in [2.24, 2.45) is 0 Å². The van der Waals surface area contributed by atoms with Crippen molar-refractivity contribution in [3.63, 3.8) is 0 Å². The second-order valence-electron chi connectivity index (χ2n) is 4.99. The summed E-state index contributed by atoms with van der Waals surface area (Å²) < 4.78 is 5.84. The van der Waals surface area contributed by atoms with E-state index in [1.165, 1.54) is 0 Å². The molecule has 0 saturated carbocycles. The highest BCUT2D eigenvalue weighted by molar-refractivity contribution is 9.10. The van der Waals surface area contributed by atoms with Crippen LogP contribution in [0.1, 0.15) is 19.4 Å². The zero-order valence-electron chi connectivity index (χ0n) is 11.6. The molecule has 0 saturated heterocycles. The predicted octanol–water partition coefficient (Wildman–Crippen LogP) is 3.91. The van der Waals surface area contributed by atoms with Crippen LogP contribution in [0, 0.1) is 0 Å². The number of hydrogen-bond acceptors (Lipinski definition) is 4. The van der Waals surface area contributed by atoms with Crippen LogP contribution in [0.4, 0.5) is 5.69 Å². The summed E-state index contributed by atoms with van der Waals surface area (Å²) in [5.41, 5.74) is 1.25. The van der Waals surface area contributed by atoms with Crippen molar-refractivity contribution in [3.8, 4) is 11.6 Å². The van der Waals surface area contributed by atoms with E-state index >= 15 is 0 Å². The van der Waals surface area contributed by atoms with Gasteiger partial charge in [-0.05, 0) is 41.9 Å². The summed E-state index contributed by atoms with van der Waals surface area (Å²) in [6.45, 7) is 4.01. The molecule has 2 rings (SSSR count). The highest BCUT2D eigenvalue weighted by Gasteiger charge is 2.23. The third-order valence-electron chi connectivity index (χ3n) is 3.01. The van der Waals surface area contributed by atoms with Gasteiger partial charge in [0.15, 0.2) is 0 Å². The molecule has 0 aliphatic carbocycles. The normalized spacial score (nSPS) is 11.2. The number of rotatable bonds is 4. The molecular formula is C15H17BrN2O2. The van der Waals surface area contributed by atoms with Crippen molar-refractivity contribution in [2.75, 3.05) is 12.4 Å². The first-order valence-electron chi connectivity index (χ1n) is 6.20. The quantitative estimate of drug-likeness (QED) is 0.831. The molecule has 0 aliphatic heterocycles. The van der Waals surface area contributed by atoms with Crippen molar-refractivity contribution in [2.45, 2.75) is 19.4 Å². The Bertz CT molecular complexity index is 615. The number of para-hydroxylation sites is 1. The van der Waals surface area contributed by atoms with Gasteiger partial charge in [-0.25, -0.2) is 4.98 Å². The van der Waals surface area contributed by atoms with Crippen LogP contribution in [0.15, 0.2) is 41.0 Å². The van der Waals surface area contributed by atoms with Crippen molar-refractivity contribution in [1.82, 2.24) is 4.98 Å². The minimum Gasteiger partial charge on any atom is -0.508 e. The van der Waals surface area contributed by atoms with Crippen LogP contribution in [-0.4, -0.2) is 17.2 Å². The van der Waals surface area contributed by atoms with E-state index in [4.69, 9.17) is 4.74 Å². The smallest absolute Gasteiger partial charge is 0.216 e. The monoisotopic (exact) mass is 336 g/mol. The van der Waals surface area contributed by atoms with E-state index in [0.717, 1.165) is 11.3 Å². The number of phenolic OH excluding ortho intramolecular Hbond substituents is 1. The highest BCUT2D eigenvalue weighted by Crippen LogP contribution is 2.33. The lowest BCUT2D eigenvalue weighted by atomic mass is 9.93. The number of ether oxygens (including phenoxy) is 1. The van der Waals surface area contributed by atoms with E-state index in [0.29, 0.717) is 10.5 Å². The first kappa shape index (κ1) is 14.7. The standard InChI is InChI=1S/C15H17BrN2O2/c1-15(2,11-6-4-5-7-12(11)19)18-10-8-13(16)17-14(9-10)20-3/h4-9,19H,1-3H3,(H,17,18). The second-order valence-corrected chi connectivity index (χ2v) is 5.80. The lowest BCUT2D eigenvalue weighted by Gasteiger charge is -2.29. The predicted molar refractivity (Wildman–Crippen MR) is 83.2 cm³/mol. The first-order chi connectivity index (χ1) is 9.42. The van der Waals surface area contributed by atoms with E-state index in [1.807, 2.05) is 38.1 Å². The molecule has 2 N–H and O–H groups in total. The second kappa shape index (κ2) is 5.71. The Morgan fingerprint density at radius 1 is 1.25 bits per heavy atom. The van der Waals surface area contributed by atoms with Gasteiger partial charge in [0.1, 0.15) is 10.4 Å². The fourth-order valence-electron chi connectivity index (χ4n) is 2.08. The Balaban J connectivity index is 2.33. The maximum absolute atomic E-state index is 9.99. The van der Waals surface area contributed by atoms with Crippen LogP contribution < -0.4 is 10.1 Å². The zero-order valence-corrected chi connectivity index (χ0v) is 13.2. The van der Waals surface area contributed by atoms with Gasteiger partial charge in [-0.15, -0.1) is 0 Å². The summed E-state index contributed by atoms with van der Waals surface area (Å²) in [5, 5.41) is 13.4. The van der Waals surface area contributed by atoms with Crippen LogP contribution in [0.2, 0.25) is 0 Å². The minimum absolute atomic E-state index is 0.269. The molecule has 1 aromatic carbocycles. The van der Waals surface area contributed by atoms with Crippen molar-refractivity contribution in [3.05, 3.63) is 46.6 Å². The Morgan fingerprint density at radius 3 is 2.60 bits per heavy atom. The molecule has 0 spiro atoms. The number of aromatic nitrogens is 1. The number of methoxy groups -OCH3 is 1. The van der Waals surface area contributed by atoms with E-state index in [2.05, 4.69) is 26.2 Å². The Hall–Kier alpha value is -1.75. The molecule has 0 atom stereocenters. The van der Waals surface area contributed by atoms with Crippen LogP contribution in [0.3, 0.4) is 0 Å². The molecule has 0 bridgehead atoms. The molecule has 4 nitrogen and oxygen atoms in total. The Labute approximate surface area is 126 Å². The van der Waals surface area contributed by atoms with Crippen molar-refractivity contribution in [1.29, 1.82) is 0 Å². The fraction of sp³-hybridized carbons (Fsp3) is 0.267. The number of hydrogen-bond donors (Lipinski definition) is 2. The molecule has 1 heterocycles. The fourth-order valence-corrected chi connectivity index (χ4v) is 2.50. The number of pyridine rings is 1. The molecule has 0 unspecified atom stereocenters. The van der Waals surface area contributed by atoms with E-state index in [9.17, 15) is 5.11 Å². The summed E-state index contributed by atoms with van der Waals surface area (Å²) in [6, 6.07) is 11.0. The Morgan fingerprint density at radius 2 is 1.95 bits per heavy atom. The van der Waals surface area contributed by atoms with E-state index in [1.54, 1.807) is 19.2 Å². The van der Waals surface area contributed by atoms with Gasteiger partial charge in [0, 0.05) is 17.3 Å². The number of benzene rings is 1. The molecule has 0 amide bonds. The summed E-state index contributed by atoms with van der Waals surface area (Å²) >= 11 is 3.35. The number of anilines is 1. The summed E-state index contributed by atoms with van der Waals surface area (Å²) in [7, 11) is 1.58. The van der Waals surface area contributed by atoms with Gasteiger partial charge in [-0.1, -0.05) is 18.2 Å². The number of nitrogens with one attached hydrogen (secondary N) is 1. The van der Waals surface area contributed by atoms with Crippen LogP contribution in [0.5, 0.6) is 11.6 Å². The zero-order chi connectivity index (χ0) is 14.8. The van der Waals surface area contributed by atoms with E-state index in [-0.39, 0.29) is 5.75 Å². The van der Waals surface area contributed by atoms with Gasteiger partial charge in [0.05, 0.1) is 12.6 Å². The maximum Gasteiger partial charge on any atom is 0.216 e. The van der Waals surface area contributed by atoms with Gasteiger partial charge in [0.2, 0.25) is 5.88 Å². The number of aromatic hydroxyl groups is 1. The van der Waals surface area contributed by atoms with Gasteiger partial charge in [-0.2, -0.15) is 0 Å². The minimum atomic E-state index is -0.433. The SMILES string of the molecule is COc1cc(NC(C)(C)c2ccccc2O)cc(Br)n1. The average Bonchev–Trinajstić information content (AvgIpc) is 2.37. The molecule has 0 fully saturated rings. The Kier molecular flexibility index (Phi) is 4.18. The first-order valence-corrected chi connectivity index (χ1v) is 7.00. The number of phenols is 1. The topological polar surface area (TPSA) is 54.4 Å². The van der Waals surface area contributed by atoms with Gasteiger partial charge in [0.25, 0.3) is 0 Å². The molecule has 0 aliphatic rings. The molecule has 106 valence electrons. The molecule has 1 aromatic heterocycles. The van der Waals surface area contributed by atoms with Crippen molar-refractivity contribution < 1.29 is 9.84 Å². The van der Waals surface area contributed by atoms with E-state index < -0.39 is 5.54 Å². The number of nitrogens with zero attached hydrogens (tertiary/aromatic N) is 1. The van der Waals surface area contributed by atoms with Crippen LogP contribution in [-0.2, 0) is 5.54 Å². The maximum atomic E-state index is 9.99.